The maximum atomic E-state index is 5.21. The van der Waals surface area contributed by atoms with Gasteiger partial charge >= 0.3 is 0 Å². The summed E-state index contributed by atoms with van der Waals surface area (Å²) in [7, 11) is 0. The van der Waals surface area contributed by atoms with Crippen LogP contribution in [0.2, 0.25) is 0 Å². The highest BCUT2D eigenvalue weighted by Crippen LogP contribution is 2.59. The van der Waals surface area contributed by atoms with Crippen molar-refractivity contribution >= 4 is 22.9 Å². The van der Waals surface area contributed by atoms with Crippen molar-refractivity contribution in [2.45, 2.75) is 5.41 Å². The van der Waals surface area contributed by atoms with Crippen LogP contribution in [-0.2, 0) is 5.41 Å². The Kier molecular flexibility index (Phi) is 6.09. The molecule has 8 aromatic rings. The van der Waals surface area contributed by atoms with E-state index in [-0.39, 0.29) is 0 Å². The quantitative estimate of drug-likeness (QED) is 0.197. The van der Waals surface area contributed by atoms with E-state index >= 15 is 0 Å². The van der Waals surface area contributed by atoms with Gasteiger partial charge in [-0.2, -0.15) is 0 Å². The average molecular weight is 624 g/mol. The molecule has 6 aromatic carbocycles. The van der Waals surface area contributed by atoms with Crippen LogP contribution in [0.15, 0.2) is 164 Å². The predicted molar refractivity (Wildman–Crippen MR) is 200 cm³/mol. The number of hydrogen-bond acceptors (Lipinski definition) is 3. The van der Waals surface area contributed by atoms with Crippen molar-refractivity contribution in [1.29, 1.82) is 0 Å². The van der Waals surface area contributed by atoms with E-state index < -0.39 is 5.41 Å². The number of hydrogen-bond donors (Lipinski definition) is 0. The minimum absolute atomic E-state index is 0.551. The molecule has 1 unspecified atom stereocenters. The Morgan fingerprint density at radius 1 is 0.408 bits per heavy atom. The van der Waals surface area contributed by atoms with Crippen LogP contribution in [-0.4, -0.2) is 15.0 Å². The fraction of sp³-hybridized carbons (Fsp3) is 0.0217. The summed E-state index contributed by atoms with van der Waals surface area (Å²) in [6, 6.07) is 54.5. The lowest BCUT2D eigenvalue weighted by Crippen LogP contribution is -2.30. The normalized spacial score (nSPS) is 15.3. The molecular weight excluding hydrogens is 595 g/mol. The van der Waals surface area contributed by atoms with E-state index in [0.29, 0.717) is 5.82 Å². The van der Waals surface area contributed by atoms with E-state index in [0.717, 1.165) is 28.1 Å². The van der Waals surface area contributed by atoms with Gasteiger partial charge in [0, 0.05) is 29.1 Å². The second-order valence-electron chi connectivity index (χ2n) is 12.8. The standard InChI is InChI=1S/C46H29N3/c1-2-12-32(13-3-1)43-28-44(36-16-10-24-47-29-36)49-45(48-43)35-23-22-31-21-20-30-11-6-8-18-39(30)46(41(31)27-35)40-19-9-7-17-37(40)38-25-33-14-4-5-15-34(33)26-42(38)46/h1-29H. The van der Waals surface area contributed by atoms with E-state index in [2.05, 4.69) is 157 Å². The Labute approximate surface area is 285 Å². The van der Waals surface area contributed by atoms with Gasteiger partial charge in [-0.25, -0.2) is 9.97 Å². The van der Waals surface area contributed by atoms with Crippen LogP contribution in [0, 0.1) is 0 Å². The van der Waals surface area contributed by atoms with E-state index in [1.807, 2.05) is 18.3 Å². The second-order valence-corrected chi connectivity index (χ2v) is 12.8. The monoisotopic (exact) mass is 623 g/mol. The van der Waals surface area contributed by atoms with Crippen molar-refractivity contribution in [3.05, 3.63) is 197 Å². The molecule has 2 aliphatic rings. The van der Waals surface area contributed by atoms with Gasteiger partial charge in [-0.05, 0) is 91.7 Å². The number of rotatable bonds is 3. The molecule has 3 nitrogen and oxygen atoms in total. The van der Waals surface area contributed by atoms with Gasteiger partial charge < -0.3 is 0 Å². The van der Waals surface area contributed by atoms with Crippen LogP contribution in [0.4, 0.5) is 0 Å². The van der Waals surface area contributed by atoms with Crippen LogP contribution >= 0.6 is 0 Å². The molecular formula is C46H29N3. The zero-order chi connectivity index (χ0) is 32.4. The summed E-state index contributed by atoms with van der Waals surface area (Å²) in [5.74, 6) is 0.685. The lowest BCUT2D eigenvalue weighted by molar-refractivity contribution is 0.767. The van der Waals surface area contributed by atoms with E-state index in [1.54, 1.807) is 6.20 Å². The second kappa shape index (κ2) is 10.8. The predicted octanol–water partition coefficient (Wildman–Crippen LogP) is 10.9. The van der Waals surface area contributed by atoms with Gasteiger partial charge in [-0.3, -0.25) is 4.98 Å². The van der Waals surface area contributed by atoms with Crippen LogP contribution in [0.1, 0.15) is 33.4 Å². The maximum absolute atomic E-state index is 5.21. The smallest absolute Gasteiger partial charge is 0.160 e. The Bertz CT molecular complexity index is 2550. The SMILES string of the molecule is C1=Cc2ccc(-c3nc(-c4ccccc4)cc(-c4cccnc4)n3)cc2C2(c3ccccc31)c1ccccc1-c1cc3ccccc3cc12. The summed E-state index contributed by atoms with van der Waals surface area (Å²) in [6.45, 7) is 0. The Morgan fingerprint density at radius 3 is 1.90 bits per heavy atom. The molecule has 49 heavy (non-hydrogen) atoms. The Balaban J connectivity index is 1.29. The summed E-state index contributed by atoms with van der Waals surface area (Å²) >= 11 is 0. The number of benzene rings is 6. The molecule has 0 aliphatic heterocycles. The summed E-state index contributed by atoms with van der Waals surface area (Å²) in [4.78, 5) is 14.8. The average Bonchev–Trinajstić information content (AvgIpc) is 3.37. The summed E-state index contributed by atoms with van der Waals surface area (Å²) < 4.78 is 0. The van der Waals surface area contributed by atoms with E-state index in [1.165, 1.54) is 55.3 Å². The molecule has 0 saturated carbocycles. The lowest BCUT2D eigenvalue weighted by atomic mass is 9.65. The highest BCUT2D eigenvalue weighted by molar-refractivity contribution is 5.98. The van der Waals surface area contributed by atoms with Gasteiger partial charge in [-0.1, -0.05) is 127 Å². The molecule has 2 heterocycles. The molecule has 0 bridgehead atoms. The molecule has 10 rings (SSSR count). The maximum Gasteiger partial charge on any atom is 0.160 e. The first-order valence-electron chi connectivity index (χ1n) is 16.7. The molecule has 2 aliphatic carbocycles. The summed E-state index contributed by atoms with van der Waals surface area (Å²) in [5, 5.41) is 2.48. The first-order chi connectivity index (χ1) is 24.3. The largest absolute Gasteiger partial charge is 0.264 e. The zero-order valence-corrected chi connectivity index (χ0v) is 26.6. The Hall–Kier alpha value is -6.45. The number of nitrogens with zero attached hydrogens (tertiary/aromatic N) is 3. The zero-order valence-electron chi connectivity index (χ0n) is 26.6. The minimum atomic E-state index is -0.551. The highest BCUT2D eigenvalue weighted by Gasteiger charge is 2.48. The molecule has 0 fully saturated rings. The van der Waals surface area contributed by atoms with Gasteiger partial charge in [0.1, 0.15) is 0 Å². The molecule has 0 radical (unpaired) electrons. The summed E-state index contributed by atoms with van der Waals surface area (Å²) in [5.41, 5.74) is 14.2. The molecule has 0 saturated heterocycles. The van der Waals surface area contributed by atoms with Crippen molar-refractivity contribution in [2.24, 2.45) is 0 Å². The molecule has 2 aromatic heterocycles. The molecule has 1 atom stereocenters. The highest BCUT2D eigenvalue weighted by atomic mass is 14.9. The van der Waals surface area contributed by atoms with Gasteiger partial charge in [0.15, 0.2) is 5.82 Å². The van der Waals surface area contributed by atoms with Crippen molar-refractivity contribution in [1.82, 2.24) is 15.0 Å². The first-order valence-corrected chi connectivity index (χ1v) is 16.7. The third kappa shape index (κ3) is 4.19. The van der Waals surface area contributed by atoms with Gasteiger partial charge in [-0.15, -0.1) is 0 Å². The van der Waals surface area contributed by atoms with Crippen LogP contribution in [0.3, 0.4) is 0 Å². The molecule has 0 N–H and O–H groups in total. The molecule has 1 spiro atoms. The third-order valence-corrected chi connectivity index (χ3v) is 10.2. The van der Waals surface area contributed by atoms with Crippen molar-refractivity contribution < 1.29 is 0 Å². The lowest BCUT2D eigenvalue weighted by Gasteiger charge is -2.35. The van der Waals surface area contributed by atoms with Crippen molar-refractivity contribution in [2.75, 3.05) is 0 Å². The van der Waals surface area contributed by atoms with Gasteiger partial charge in [0.25, 0.3) is 0 Å². The van der Waals surface area contributed by atoms with Gasteiger partial charge in [0.05, 0.1) is 16.8 Å². The first kappa shape index (κ1) is 27.6. The summed E-state index contributed by atoms with van der Waals surface area (Å²) in [6.07, 6.45) is 8.21. The minimum Gasteiger partial charge on any atom is -0.264 e. The third-order valence-electron chi connectivity index (χ3n) is 10.2. The van der Waals surface area contributed by atoms with Crippen molar-refractivity contribution in [3.8, 4) is 45.0 Å². The fourth-order valence-electron chi connectivity index (χ4n) is 8.01. The fourth-order valence-corrected chi connectivity index (χ4v) is 8.01. The van der Waals surface area contributed by atoms with E-state index in [4.69, 9.17) is 9.97 Å². The number of aromatic nitrogens is 3. The van der Waals surface area contributed by atoms with Gasteiger partial charge in [0.2, 0.25) is 0 Å². The van der Waals surface area contributed by atoms with Crippen LogP contribution in [0.5, 0.6) is 0 Å². The molecule has 228 valence electrons. The number of pyridine rings is 1. The Morgan fingerprint density at radius 2 is 1.08 bits per heavy atom. The van der Waals surface area contributed by atoms with E-state index in [9.17, 15) is 0 Å². The van der Waals surface area contributed by atoms with Crippen molar-refractivity contribution in [3.63, 3.8) is 0 Å². The molecule has 0 amide bonds. The topological polar surface area (TPSA) is 38.7 Å². The van der Waals surface area contributed by atoms with Crippen LogP contribution < -0.4 is 0 Å². The number of fused-ring (bicyclic) bond motifs is 10. The molecule has 3 heteroatoms. The van der Waals surface area contributed by atoms with Crippen LogP contribution in [0.25, 0.3) is 68.0 Å².